The van der Waals surface area contributed by atoms with Crippen LogP contribution in [0.25, 0.3) is 0 Å². The Balaban J connectivity index is 1.88. The fourth-order valence-corrected chi connectivity index (χ4v) is 2.95. The summed E-state index contributed by atoms with van der Waals surface area (Å²) in [7, 11) is 1.86. The average Bonchev–Trinajstić information content (AvgIpc) is 3.07. The first-order valence-corrected chi connectivity index (χ1v) is 7.51. The van der Waals surface area contributed by atoms with Gasteiger partial charge in [-0.2, -0.15) is 15.0 Å². The van der Waals surface area contributed by atoms with Gasteiger partial charge >= 0.3 is 0 Å². The molecule has 6 nitrogen and oxygen atoms in total. The maximum Gasteiger partial charge on any atom is 0.231 e. The Bertz CT molecular complexity index is 481. The van der Waals surface area contributed by atoms with Gasteiger partial charge in [-0.25, -0.2) is 0 Å². The topological polar surface area (TPSA) is 57.2 Å². The minimum Gasteiger partial charge on any atom is -0.357 e. The van der Waals surface area contributed by atoms with Crippen molar-refractivity contribution in [2.75, 3.05) is 48.3 Å². The summed E-state index contributed by atoms with van der Waals surface area (Å²) in [4.78, 5) is 18.3. The third-order valence-corrected chi connectivity index (χ3v) is 4.18. The van der Waals surface area contributed by atoms with E-state index in [0.29, 0.717) is 11.4 Å². The lowest BCUT2D eigenvalue weighted by molar-refractivity contribution is 0.418. The van der Waals surface area contributed by atoms with Crippen LogP contribution in [0.4, 0.5) is 17.8 Å². The van der Waals surface area contributed by atoms with E-state index in [1.807, 2.05) is 7.05 Å². The van der Waals surface area contributed by atoms with Crippen molar-refractivity contribution in [3.63, 3.8) is 0 Å². The molecular formula is C14H24N6. The molecule has 0 amide bonds. The number of nitrogens with one attached hydrogen (secondary N) is 1. The summed E-state index contributed by atoms with van der Waals surface area (Å²) >= 11 is 0. The Kier molecular flexibility index (Phi) is 3.40. The van der Waals surface area contributed by atoms with Crippen LogP contribution in [0.2, 0.25) is 0 Å². The van der Waals surface area contributed by atoms with Crippen molar-refractivity contribution in [1.29, 1.82) is 0 Å². The van der Waals surface area contributed by atoms with Crippen molar-refractivity contribution in [3.05, 3.63) is 0 Å². The molecule has 0 aliphatic carbocycles. The van der Waals surface area contributed by atoms with Crippen LogP contribution < -0.4 is 15.1 Å². The molecule has 3 heterocycles. The van der Waals surface area contributed by atoms with E-state index in [9.17, 15) is 0 Å². The average molecular weight is 276 g/mol. The van der Waals surface area contributed by atoms with Crippen LogP contribution in [0.15, 0.2) is 0 Å². The minimum atomic E-state index is 0.347. The molecule has 1 N–H and O–H groups in total. The van der Waals surface area contributed by atoms with E-state index in [1.165, 1.54) is 19.3 Å². The maximum atomic E-state index is 4.70. The highest BCUT2D eigenvalue weighted by Gasteiger charge is 2.31. The maximum absolute atomic E-state index is 4.70. The Labute approximate surface area is 120 Å². The van der Waals surface area contributed by atoms with Gasteiger partial charge in [0.2, 0.25) is 17.8 Å². The van der Waals surface area contributed by atoms with Gasteiger partial charge in [-0.15, -0.1) is 0 Å². The summed E-state index contributed by atoms with van der Waals surface area (Å²) in [5, 5.41) is 3.06. The highest BCUT2D eigenvalue weighted by Crippen LogP contribution is 2.31. The van der Waals surface area contributed by atoms with Crippen LogP contribution in [0.5, 0.6) is 0 Å². The van der Waals surface area contributed by atoms with Gasteiger partial charge in [-0.3, -0.25) is 0 Å². The second kappa shape index (κ2) is 5.07. The van der Waals surface area contributed by atoms with Crippen LogP contribution in [0.1, 0.15) is 33.1 Å². The lowest BCUT2D eigenvalue weighted by atomic mass is 9.93. The van der Waals surface area contributed by atoms with Crippen LogP contribution in [-0.2, 0) is 0 Å². The molecule has 2 aliphatic rings. The lowest BCUT2D eigenvalue weighted by Crippen LogP contribution is -2.27. The van der Waals surface area contributed by atoms with E-state index >= 15 is 0 Å². The van der Waals surface area contributed by atoms with E-state index < -0.39 is 0 Å². The number of hydrogen-bond donors (Lipinski definition) is 1. The zero-order valence-electron chi connectivity index (χ0n) is 12.7. The number of anilines is 3. The molecule has 0 saturated carbocycles. The third kappa shape index (κ3) is 2.64. The zero-order valence-corrected chi connectivity index (χ0v) is 12.7. The van der Waals surface area contributed by atoms with E-state index in [2.05, 4.69) is 38.9 Å². The third-order valence-electron chi connectivity index (χ3n) is 4.18. The Morgan fingerprint density at radius 3 is 2.15 bits per heavy atom. The quantitative estimate of drug-likeness (QED) is 0.907. The fourth-order valence-electron chi connectivity index (χ4n) is 2.95. The molecule has 20 heavy (non-hydrogen) atoms. The first-order chi connectivity index (χ1) is 9.57. The highest BCUT2D eigenvalue weighted by molar-refractivity contribution is 5.46. The summed E-state index contributed by atoms with van der Waals surface area (Å²) in [5.74, 6) is 2.31. The van der Waals surface area contributed by atoms with Gasteiger partial charge in [-0.05, 0) is 24.7 Å². The van der Waals surface area contributed by atoms with Crippen LogP contribution in [0, 0.1) is 5.41 Å². The van der Waals surface area contributed by atoms with Gasteiger partial charge in [0.25, 0.3) is 0 Å². The smallest absolute Gasteiger partial charge is 0.231 e. The van der Waals surface area contributed by atoms with Crippen LogP contribution in [-0.4, -0.2) is 48.2 Å². The second-order valence-corrected chi connectivity index (χ2v) is 6.54. The molecule has 1 aromatic heterocycles. The van der Waals surface area contributed by atoms with Gasteiger partial charge in [0.05, 0.1) is 0 Å². The molecule has 2 fully saturated rings. The molecule has 2 aliphatic heterocycles. The zero-order chi connectivity index (χ0) is 14.2. The summed E-state index contributed by atoms with van der Waals surface area (Å²) in [6, 6.07) is 0. The van der Waals surface area contributed by atoms with Gasteiger partial charge in [0.15, 0.2) is 0 Å². The minimum absolute atomic E-state index is 0.347. The normalized spacial score (nSPS) is 21.6. The summed E-state index contributed by atoms with van der Waals surface area (Å²) in [5.41, 5.74) is 0.347. The largest absolute Gasteiger partial charge is 0.357 e. The second-order valence-electron chi connectivity index (χ2n) is 6.54. The van der Waals surface area contributed by atoms with Gasteiger partial charge in [0.1, 0.15) is 0 Å². The SMILES string of the molecule is CNc1nc(N2CCCC2)nc(N2CCC(C)(C)C2)n1. The summed E-state index contributed by atoms with van der Waals surface area (Å²) in [6.07, 6.45) is 3.64. The molecule has 0 radical (unpaired) electrons. The first-order valence-electron chi connectivity index (χ1n) is 7.51. The predicted octanol–water partition coefficient (Wildman–Crippen LogP) is 1.75. The van der Waals surface area contributed by atoms with Crippen molar-refractivity contribution in [1.82, 2.24) is 15.0 Å². The molecule has 3 rings (SSSR count). The monoisotopic (exact) mass is 276 g/mol. The van der Waals surface area contributed by atoms with Gasteiger partial charge < -0.3 is 15.1 Å². The van der Waals surface area contributed by atoms with E-state index in [4.69, 9.17) is 4.98 Å². The number of nitrogens with zero attached hydrogens (tertiary/aromatic N) is 5. The summed E-state index contributed by atoms with van der Waals surface area (Å²) < 4.78 is 0. The molecular weight excluding hydrogens is 252 g/mol. The lowest BCUT2D eigenvalue weighted by Gasteiger charge is -2.22. The van der Waals surface area contributed by atoms with Crippen molar-refractivity contribution in [3.8, 4) is 0 Å². The number of rotatable bonds is 3. The van der Waals surface area contributed by atoms with Crippen molar-refractivity contribution < 1.29 is 0 Å². The fraction of sp³-hybridized carbons (Fsp3) is 0.786. The molecule has 0 atom stereocenters. The molecule has 0 unspecified atom stereocenters. The molecule has 6 heteroatoms. The van der Waals surface area contributed by atoms with Crippen molar-refractivity contribution in [2.45, 2.75) is 33.1 Å². The molecule has 1 aromatic rings. The molecule has 110 valence electrons. The molecule has 2 saturated heterocycles. The molecule has 0 spiro atoms. The molecule has 0 aromatic carbocycles. The Morgan fingerprint density at radius 2 is 1.60 bits per heavy atom. The van der Waals surface area contributed by atoms with Gasteiger partial charge in [0, 0.05) is 33.2 Å². The number of hydrogen-bond acceptors (Lipinski definition) is 6. The van der Waals surface area contributed by atoms with Gasteiger partial charge in [-0.1, -0.05) is 13.8 Å². The highest BCUT2D eigenvalue weighted by atomic mass is 15.4. The van der Waals surface area contributed by atoms with Crippen molar-refractivity contribution >= 4 is 17.8 Å². The van der Waals surface area contributed by atoms with Crippen LogP contribution in [0.3, 0.4) is 0 Å². The predicted molar refractivity (Wildman–Crippen MR) is 81.4 cm³/mol. The number of aromatic nitrogens is 3. The van der Waals surface area contributed by atoms with E-state index in [1.54, 1.807) is 0 Å². The first kappa shape index (κ1) is 13.4. The Morgan fingerprint density at radius 1 is 0.950 bits per heavy atom. The molecule has 0 bridgehead atoms. The Hall–Kier alpha value is -1.59. The van der Waals surface area contributed by atoms with E-state index in [0.717, 1.165) is 38.1 Å². The van der Waals surface area contributed by atoms with Crippen LogP contribution >= 0.6 is 0 Å². The van der Waals surface area contributed by atoms with Crippen molar-refractivity contribution in [2.24, 2.45) is 5.41 Å². The van der Waals surface area contributed by atoms with E-state index in [-0.39, 0.29) is 0 Å². The standard InChI is InChI=1S/C14H24N6/c1-14(2)6-9-20(10-14)13-17-11(15-3)16-12(18-13)19-7-4-5-8-19/h4-10H2,1-3H3,(H,15,16,17,18). The summed E-state index contributed by atoms with van der Waals surface area (Å²) in [6.45, 7) is 8.75.